The van der Waals surface area contributed by atoms with Crippen LogP contribution in [0, 0.1) is 21.4 Å². The second-order valence-corrected chi connectivity index (χ2v) is 5.55. The van der Waals surface area contributed by atoms with Crippen molar-refractivity contribution in [1.82, 2.24) is 0 Å². The van der Waals surface area contributed by atoms with Gasteiger partial charge >= 0.3 is 0 Å². The van der Waals surface area contributed by atoms with Crippen molar-refractivity contribution in [2.75, 3.05) is 12.4 Å². The SMILES string of the molecule is COc1ccc(NC(=O)[C@@H](C)Oc2ccc(C#N)cc2Cl)c([N+](=O)[O-])c1. The minimum absolute atomic E-state index is 0.0159. The molecule has 0 radical (unpaired) electrons. The zero-order valence-corrected chi connectivity index (χ0v) is 14.6. The predicted molar refractivity (Wildman–Crippen MR) is 94.5 cm³/mol. The fourth-order valence-corrected chi connectivity index (χ4v) is 2.26. The van der Waals surface area contributed by atoms with E-state index in [1.807, 2.05) is 6.07 Å². The Morgan fingerprint density at radius 3 is 2.65 bits per heavy atom. The lowest BCUT2D eigenvalue weighted by Gasteiger charge is -2.16. The standard InChI is InChI=1S/C17H14ClN3O5/c1-10(26-16-6-3-11(9-19)7-13(16)18)17(22)20-14-5-4-12(25-2)8-15(14)21(23)24/h3-8,10H,1-2H3,(H,20,22)/t10-/m1/s1. The van der Waals surface area contributed by atoms with E-state index in [9.17, 15) is 14.9 Å². The van der Waals surface area contributed by atoms with Gasteiger partial charge in [0.25, 0.3) is 11.6 Å². The van der Waals surface area contributed by atoms with Gasteiger partial charge in [0.05, 0.1) is 34.8 Å². The zero-order chi connectivity index (χ0) is 19.3. The van der Waals surface area contributed by atoms with E-state index in [2.05, 4.69) is 5.32 Å². The molecular weight excluding hydrogens is 362 g/mol. The molecule has 0 bridgehead atoms. The number of hydrogen-bond donors (Lipinski definition) is 1. The number of amides is 1. The highest BCUT2D eigenvalue weighted by Gasteiger charge is 2.21. The number of anilines is 1. The Morgan fingerprint density at radius 2 is 2.08 bits per heavy atom. The first-order valence-electron chi connectivity index (χ1n) is 7.35. The Labute approximate surface area is 154 Å². The topological polar surface area (TPSA) is 114 Å². The van der Waals surface area contributed by atoms with Crippen molar-refractivity contribution in [3.8, 4) is 17.6 Å². The van der Waals surface area contributed by atoms with E-state index in [0.29, 0.717) is 11.3 Å². The molecule has 1 N–H and O–H groups in total. The minimum atomic E-state index is -0.984. The number of carbonyl (C=O) groups excluding carboxylic acids is 1. The molecule has 134 valence electrons. The Bertz CT molecular complexity index is 894. The van der Waals surface area contributed by atoms with Crippen molar-refractivity contribution in [3.63, 3.8) is 0 Å². The molecule has 2 aromatic carbocycles. The zero-order valence-electron chi connectivity index (χ0n) is 13.9. The monoisotopic (exact) mass is 375 g/mol. The molecule has 2 aromatic rings. The average molecular weight is 376 g/mol. The number of nitriles is 1. The molecule has 0 fully saturated rings. The average Bonchev–Trinajstić information content (AvgIpc) is 2.63. The first-order valence-corrected chi connectivity index (χ1v) is 7.73. The third-order valence-corrected chi connectivity index (χ3v) is 3.69. The fourth-order valence-electron chi connectivity index (χ4n) is 2.04. The lowest BCUT2D eigenvalue weighted by Crippen LogP contribution is -2.30. The Kier molecular flexibility index (Phi) is 5.98. The van der Waals surface area contributed by atoms with Crippen LogP contribution in [0.4, 0.5) is 11.4 Å². The minimum Gasteiger partial charge on any atom is -0.496 e. The highest BCUT2D eigenvalue weighted by molar-refractivity contribution is 6.32. The number of rotatable bonds is 6. The van der Waals surface area contributed by atoms with Gasteiger partial charge in [0.1, 0.15) is 17.2 Å². The number of ether oxygens (including phenoxy) is 2. The molecule has 1 atom stereocenters. The van der Waals surface area contributed by atoms with Gasteiger partial charge in [-0.1, -0.05) is 11.6 Å². The van der Waals surface area contributed by atoms with Gasteiger partial charge in [-0.2, -0.15) is 5.26 Å². The summed E-state index contributed by atoms with van der Waals surface area (Å²) in [5.41, 5.74) is 0.0665. The molecule has 0 saturated heterocycles. The maximum atomic E-state index is 12.3. The van der Waals surface area contributed by atoms with E-state index in [-0.39, 0.29) is 22.1 Å². The summed E-state index contributed by atoms with van der Waals surface area (Å²) in [7, 11) is 1.38. The number of nitro groups is 1. The van der Waals surface area contributed by atoms with E-state index in [1.54, 1.807) is 0 Å². The van der Waals surface area contributed by atoms with E-state index in [0.717, 1.165) is 0 Å². The van der Waals surface area contributed by atoms with Crippen molar-refractivity contribution in [1.29, 1.82) is 5.26 Å². The van der Waals surface area contributed by atoms with Crippen molar-refractivity contribution >= 4 is 28.9 Å². The van der Waals surface area contributed by atoms with Crippen molar-refractivity contribution in [3.05, 3.63) is 57.1 Å². The molecule has 0 saturated carbocycles. The lowest BCUT2D eigenvalue weighted by molar-refractivity contribution is -0.384. The van der Waals surface area contributed by atoms with E-state index in [4.69, 9.17) is 26.3 Å². The number of methoxy groups -OCH3 is 1. The quantitative estimate of drug-likeness (QED) is 0.610. The predicted octanol–water partition coefficient (Wildman–Crippen LogP) is 3.53. The maximum Gasteiger partial charge on any atom is 0.296 e. The molecule has 8 nitrogen and oxygen atoms in total. The van der Waals surface area contributed by atoms with Crippen LogP contribution in [-0.4, -0.2) is 24.0 Å². The number of carbonyl (C=O) groups is 1. The Hall–Kier alpha value is -3.31. The number of nitrogens with zero attached hydrogens (tertiary/aromatic N) is 2. The number of benzene rings is 2. The van der Waals surface area contributed by atoms with Crippen LogP contribution in [0.5, 0.6) is 11.5 Å². The van der Waals surface area contributed by atoms with Gasteiger partial charge < -0.3 is 14.8 Å². The summed E-state index contributed by atoms with van der Waals surface area (Å²) in [6.07, 6.45) is -0.984. The molecule has 2 rings (SSSR count). The third kappa shape index (κ3) is 4.40. The fraction of sp³-hybridized carbons (Fsp3) is 0.176. The van der Waals surface area contributed by atoms with Crippen molar-refractivity contribution in [2.24, 2.45) is 0 Å². The summed E-state index contributed by atoms with van der Waals surface area (Å²) in [4.78, 5) is 22.8. The summed E-state index contributed by atoms with van der Waals surface area (Å²) in [5.74, 6) is -0.0837. The number of halogens is 1. The summed E-state index contributed by atoms with van der Waals surface area (Å²) in [6, 6.07) is 10.4. The molecule has 9 heteroatoms. The largest absolute Gasteiger partial charge is 0.496 e. The molecule has 0 aromatic heterocycles. The summed E-state index contributed by atoms with van der Waals surface area (Å²) < 4.78 is 10.4. The van der Waals surface area contributed by atoms with Gasteiger partial charge in [0, 0.05) is 0 Å². The van der Waals surface area contributed by atoms with Crippen LogP contribution in [0.3, 0.4) is 0 Å². The van der Waals surface area contributed by atoms with Crippen LogP contribution >= 0.6 is 11.6 Å². The third-order valence-electron chi connectivity index (χ3n) is 3.39. The highest BCUT2D eigenvalue weighted by Crippen LogP contribution is 2.30. The van der Waals surface area contributed by atoms with Crippen molar-refractivity contribution in [2.45, 2.75) is 13.0 Å². The van der Waals surface area contributed by atoms with Gasteiger partial charge in [-0.3, -0.25) is 14.9 Å². The van der Waals surface area contributed by atoms with Crippen LogP contribution in [-0.2, 0) is 4.79 Å². The smallest absolute Gasteiger partial charge is 0.296 e. The maximum absolute atomic E-state index is 12.3. The second-order valence-electron chi connectivity index (χ2n) is 5.15. The van der Waals surface area contributed by atoms with Crippen LogP contribution in [0.1, 0.15) is 12.5 Å². The molecule has 0 unspecified atom stereocenters. The van der Waals surface area contributed by atoms with Crippen LogP contribution in [0.2, 0.25) is 5.02 Å². The number of nitro benzene ring substituents is 1. The van der Waals surface area contributed by atoms with E-state index >= 15 is 0 Å². The van der Waals surface area contributed by atoms with Gasteiger partial charge in [-0.05, 0) is 37.3 Å². The first kappa shape index (κ1) is 19.0. The molecule has 0 spiro atoms. The first-order chi connectivity index (χ1) is 12.3. The van der Waals surface area contributed by atoms with Gasteiger partial charge in [-0.15, -0.1) is 0 Å². The Morgan fingerprint density at radius 1 is 1.35 bits per heavy atom. The summed E-state index contributed by atoms with van der Waals surface area (Å²) in [6.45, 7) is 1.47. The highest BCUT2D eigenvalue weighted by atomic mass is 35.5. The molecule has 0 aliphatic rings. The molecule has 0 heterocycles. The Balaban J connectivity index is 2.15. The molecule has 0 aliphatic carbocycles. The molecule has 1 amide bonds. The van der Waals surface area contributed by atoms with E-state index < -0.39 is 16.9 Å². The van der Waals surface area contributed by atoms with Gasteiger partial charge in [0.2, 0.25) is 0 Å². The summed E-state index contributed by atoms with van der Waals surface area (Å²) >= 11 is 6.01. The number of nitrogens with one attached hydrogen (secondary N) is 1. The van der Waals surface area contributed by atoms with E-state index in [1.165, 1.54) is 50.4 Å². The summed E-state index contributed by atoms with van der Waals surface area (Å²) in [5, 5.41) is 22.6. The molecule has 26 heavy (non-hydrogen) atoms. The number of hydrogen-bond acceptors (Lipinski definition) is 6. The van der Waals surface area contributed by atoms with Crippen molar-refractivity contribution < 1.29 is 19.2 Å². The second kappa shape index (κ2) is 8.18. The normalized spacial score (nSPS) is 11.2. The van der Waals surface area contributed by atoms with Crippen LogP contribution in [0.15, 0.2) is 36.4 Å². The van der Waals surface area contributed by atoms with Crippen LogP contribution in [0.25, 0.3) is 0 Å². The molecular formula is C17H14ClN3O5. The molecule has 0 aliphatic heterocycles. The van der Waals surface area contributed by atoms with Crippen LogP contribution < -0.4 is 14.8 Å². The lowest BCUT2D eigenvalue weighted by atomic mass is 10.2. The van der Waals surface area contributed by atoms with Gasteiger partial charge in [0.15, 0.2) is 6.10 Å². The van der Waals surface area contributed by atoms with Gasteiger partial charge in [-0.25, -0.2) is 0 Å².